The number of hydrogen-bond donors (Lipinski definition) is 1. The van der Waals surface area contributed by atoms with Gasteiger partial charge in [0, 0.05) is 11.2 Å². The van der Waals surface area contributed by atoms with Crippen LogP contribution in [0.3, 0.4) is 0 Å². The summed E-state index contributed by atoms with van der Waals surface area (Å²) >= 11 is 1.62. The number of nitrogens with zero attached hydrogens (tertiary/aromatic N) is 2. The molecule has 1 aromatic heterocycles. The number of allylic oxidation sites excluding steroid dienone is 1. The Morgan fingerprint density at radius 1 is 1.45 bits per heavy atom. The predicted octanol–water partition coefficient (Wildman–Crippen LogP) is 2.81. The molecule has 104 valence electrons. The van der Waals surface area contributed by atoms with Crippen LogP contribution in [0, 0.1) is 6.92 Å². The maximum Gasteiger partial charge on any atom is 0.289 e. The van der Waals surface area contributed by atoms with Crippen molar-refractivity contribution in [2.75, 3.05) is 7.11 Å². The van der Waals surface area contributed by atoms with Gasteiger partial charge < -0.3 is 9.84 Å². The summed E-state index contributed by atoms with van der Waals surface area (Å²) in [5.41, 5.74) is 0.902. The molecule has 0 saturated heterocycles. The van der Waals surface area contributed by atoms with Gasteiger partial charge in [-0.1, -0.05) is 17.3 Å². The van der Waals surface area contributed by atoms with Crippen molar-refractivity contribution >= 4 is 23.5 Å². The van der Waals surface area contributed by atoms with E-state index in [1.54, 1.807) is 23.5 Å². The Hall–Kier alpha value is -2.14. The van der Waals surface area contributed by atoms with Crippen LogP contribution in [0.25, 0.3) is 12.2 Å². The Labute approximate surface area is 122 Å². The van der Waals surface area contributed by atoms with Gasteiger partial charge in [-0.05, 0) is 48.1 Å². The van der Waals surface area contributed by atoms with Crippen molar-refractivity contribution in [3.8, 4) is 11.5 Å². The van der Waals surface area contributed by atoms with Gasteiger partial charge in [-0.2, -0.15) is 0 Å². The van der Waals surface area contributed by atoms with Crippen LogP contribution in [0.4, 0.5) is 0 Å². The predicted molar refractivity (Wildman–Crippen MR) is 80.8 cm³/mol. The van der Waals surface area contributed by atoms with E-state index < -0.39 is 0 Å². The normalized spacial score (nSPS) is 10.9. The Kier molecular flexibility index (Phi) is 4.53. The summed E-state index contributed by atoms with van der Waals surface area (Å²) < 4.78 is 6.92. The Morgan fingerprint density at radius 3 is 2.90 bits per heavy atom. The lowest BCUT2D eigenvalue weighted by Crippen LogP contribution is -2.37. The summed E-state index contributed by atoms with van der Waals surface area (Å²) in [4.78, 5) is 0. The minimum absolute atomic E-state index is 0.133. The third-order valence-electron chi connectivity index (χ3n) is 2.69. The fraction of sp³-hybridized carbons (Fsp3) is 0.200. The number of rotatable bonds is 5. The lowest BCUT2D eigenvalue weighted by molar-refractivity contribution is -0.741. The third-order valence-corrected chi connectivity index (χ3v) is 3.62. The van der Waals surface area contributed by atoms with Crippen molar-refractivity contribution in [3.05, 3.63) is 46.4 Å². The molecular weight excluding hydrogens is 272 g/mol. The zero-order valence-electron chi connectivity index (χ0n) is 11.5. The van der Waals surface area contributed by atoms with E-state index in [0.717, 1.165) is 15.6 Å². The molecule has 1 aromatic carbocycles. The van der Waals surface area contributed by atoms with Crippen LogP contribution >= 0.6 is 11.3 Å². The van der Waals surface area contributed by atoms with Gasteiger partial charge in [0.1, 0.15) is 0 Å². The molecule has 0 atom stereocenters. The largest absolute Gasteiger partial charge is 0.504 e. The molecule has 0 amide bonds. The number of ether oxygens (including phenoxy) is 1. The first-order valence-electron chi connectivity index (χ1n) is 6.17. The second-order valence-corrected chi connectivity index (χ2v) is 5.41. The monoisotopic (exact) mass is 289 g/mol. The number of aryl methyl sites for hydroxylation is 1. The molecule has 2 rings (SSSR count). The highest BCUT2D eigenvalue weighted by Crippen LogP contribution is 2.27. The van der Waals surface area contributed by atoms with Gasteiger partial charge >= 0.3 is 0 Å². The van der Waals surface area contributed by atoms with Crippen LogP contribution in [-0.4, -0.2) is 17.3 Å². The fourth-order valence-corrected chi connectivity index (χ4v) is 2.59. The van der Waals surface area contributed by atoms with Gasteiger partial charge in [0.2, 0.25) is 0 Å². The molecule has 0 aliphatic rings. The number of methoxy groups -OCH3 is 1. The van der Waals surface area contributed by atoms with Gasteiger partial charge in [0.15, 0.2) is 23.1 Å². The smallest absolute Gasteiger partial charge is 0.289 e. The SMILES string of the molecule is C=CC[n+]1nc(C)sc1/C=C/c1ccc(OC)c(O)c1. The molecule has 0 aliphatic carbocycles. The van der Waals surface area contributed by atoms with Crippen LogP contribution in [0.5, 0.6) is 11.5 Å². The maximum atomic E-state index is 9.74. The van der Waals surface area contributed by atoms with E-state index in [1.165, 1.54) is 7.11 Å². The molecule has 0 aliphatic heterocycles. The molecule has 0 unspecified atom stereocenters. The summed E-state index contributed by atoms with van der Waals surface area (Å²) in [6.07, 6.45) is 5.73. The summed E-state index contributed by atoms with van der Waals surface area (Å²) in [6.45, 7) is 6.38. The summed E-state index contributed by atoms with van der Waals surface area (Å²) in [6, 6.07) is 5.30. The zero-order valence-corrected chi connectivity index (χ0v) is 12.4. The van der Waals surface area contributed by atoms with Gasteiger partial charge in [-0.15, -0.1) is 0 Å². The Morgan fingerprint density at radius 2 is 2.25 bits per heavy atom. The first-order valence-corrected chi connectivity index (χ1v) is 6.99. The highest BCUT2D eigenvalue weighted by molar-refractivity contribution is 7.11. The van der Waals surface area contributed by atoms with Crippen LogP contribution in [0.2, 0.25) is 0 Å². The number of aromatic nitrogens is 2. The fourth-order valence-electron chi connectivity index (χ4n) is 1.80. The van der Waals surface area contributed by atoms with Crippen molar-refractivity contribution in [2.45, 2.75) is 13.5 Å². The zero-order chi connectivity index (χ0) is 14.5. The molecule has 20 heavy (non-hydrogen) atoms. The number of benzene rings is 1. The molecule has 5 heteroatoms. The molecule has 4 nitrogen and oxygen atoms in total. The first-order chi connectivity index (χ1) is 9.63. The molecule has 0 radical (unpaired) electrons. The minimum atomic E-state index is 0.133. The molecule has 0 fully saturated rings. The van der Waals surface area contributed by atoms with E-state index in [4.69, 9.17) is 4.74 Å². The second-order valence-electron chi connectivity index (χ2n) is 4.19. The molecule has 1 N–H and O–H groups in total. The van der Waals surface area contributed by atoms with E-state index in [-0.39, 0.29) is 5.75 Å². The minimum Gasteiger partial charge on any atom is -0.504 e. The van der Waals surface area contributed by atoms with Crippen molar-refractivity contribution in [3.63, 3.8) is 0 Å². The third kappa shape index (κ3) is 3.24. The van der Waals surface area contributed by atoms with Crippen LogP contribution in [0.15, 0.2) is 30.9 Å². The lowest BCUT2D eigenvalue weighted by atomic mass is 10.2. The van der Waals surface area contributed by atoms with Crippen molar-refractivity contribution < 1.29 is 14.5 Å². The summed E-state index contributed by atoms with van der Waals surface area (Å²) in [5.74, 6) is 0.603. The Bertz CT molecular complexity index is 647. The molecule has 2 aromatic rings. The van der Waals surface area contributed by atoms with Crippen LogP contribution in [-0.2, 0) is 6.54 Å². The van der Waals surface area contributed by atoms with Crippen molar-refractivity contribution in [2.24, 2.45) is 0 Å². The highest BCUT2D eigenvalue weighted by atomic mass is 32.1. The standard InChI is InChI=1S/C15H16N2O2S/c1-4-9-17-15(20-11(2)16-17)8-6-12-5-7-14(19-3)13(18)10-12/h4-8,10H,1,9H2,2-3H3/p+1/b8-6+. The van der Waals surface area contributed by atoms with Gasteiger partial charge in [-0.3, -0.25) is 0 Å². The van der Waals surface area contributed by atoms with Gasteiger partial charge in [0.25, 0.3) is 5.01 Å². The number of phenolic OH excluding ortho intramolecular Hbond substituents is 1. The molecule has 1 heterocycles. The maximum absolute atomic E-state index is 9.74. The Balaban J connectivity index is 2.24. The van der Waals surface area contributed by atoms with E-state index >= 15 is 0 Å². The highest BCUT2D eigenvalue weighted by Gasteiger charge is 2.13. The van der Waals surface area contributed by atoms with E-state index in [9.17, 15) is 5.11 Å². The average molecular weight is 289 g/mol. The first kappa shape index (κ1) is 14.3. The molecular formula is C15H17N2O2S+. The lowest BCUT2D eigenvalue weighted by Gasteiger charge is -2.02. The topological polar surface area (TPSA) is 46.2 Å². The van der Waals surface area contributed by atoms with Crippen LogP contribution in [0.1, 0.15) is 15.6 Å². The van der Waals surface area contributed by atoms with Gasteiger partial charge in [-0.25, -0.2) is 0 Å². The second kappa shape index (κ2) is 6.34. The van der Waals surface area contributed by atoms with Gasteiger partial charge in [0.05, 0.1) is 7.11 Å². The number of phenols is 1. The van der Waals surface area contributed by atoms with E-state index in [2.05, 4.69) is 11.7 Å². The van der Waals surface area contributed by atoms with Crippen molar-refractivity contribution in [1.82, 2.24) is 5.10 Å². The molecule has 0 bridgehead atoms. The summed E-state index contributed by atoms with van der Waals surface area (Å²) in [5, 5.41) is 16.2. The average Bonchev–Trinajstić information content (AvgIpc) is 2.77. The van der Waals surface area contributed by atoms with Crippen molar-refractivity contribution in [1.29, 1.82) is 0 Å². The molecule has 0 saturated carbocycles. The number of aromatic hydroxyl groups is 1. The van der Waals surface area contributed by atoms with Crippen LogP contribution < -0.4 is 9.42 Å². The number of hydrogen-bond acceptors (Lipinski definition) is 4. The van der Waals surface area contributed by atoms with E-state index in [0.29, 0.717) is 12.3 Å². The van der Waals surface area contributed by atoms with E-state index in [1.807, 2.05) is 35.9 Å². The molecule has 0 spiro atoms. The summed E-state index contributed by atoms with van der Waals surface area (Å²) in [7, 11) is 1.53. The quantitative estimate of drug-likeness (QED) is 0.680.